The van der Waals surface area contributed by atoms with E-state index in [2.05, 4.69) is 21.0 Å². The Balaban J connectivity index is 1.58. The molecule has 3 N–H and O–H groups in total. The van der Waals surface area contributed by atoms with Crippen molar-refractivity contribution in [3.63, 3.8) is 0 Å². The summed E-state index contributed by atoms with van der Waals surface area (Å²) in [7, 11) is 4.71. The van der Waals surface area contributed by atoms with Crippen molar-refractivity contribution in [3.8, 4) is 17.2 Å². The summed E-state index contributed by atoms with van der Waals surface area (Å²) < 4.78 is 18.0. The Bertz CT molecular complexity index is 1620. The van der Waals surface area contributed by atoms with E-state index in [1.807, 2.05) is 31.2 Å². The second-order valence-electron chi connectivity index (χ2n) is 9.53. The molecule has 1 aliphatic rings. The molecule has 0 unspecified atom stereocenters. The van der Waals surface area contributed by atoms with Gasteiger partial charge in [-0.15, -0.1) is 0 Å². The summed E-state index contributed by atoms with van der Waals surface area (Å²) in [6, 6.07) is 19.2. The number of aromatic nitrogens is 2. The maximum absolute atomic E-state index is 13.9. The molecule has 2 heterocycles. The van der Waals surface area contributed by atoms with E-state index in [-0.39, 0.29) is 11.8 Å². The van der Waals surface area contributed by atoms with Gasteiger partial charge < -0.3 is 30.2 Å². The molecule has 41 heavy (non-hydrogen) atoms. The first-order valence-corrected chi connectivity index (χ1v) is 12.9. The van der Waals surface area contributed by atoms with E-state index in [1.54, 1.807) is 75.4 Å². The van der Waals surface area contributed by atoms with Crippen LogP contribution in [0.4, 0.5) is 17.2 Å². The Morgan fingerprint density at radius 3 is 2.05 bits per heavy atom. The fourth-order valence-corrected chi connectivity index (χ4v) is 4.76. The molecule has 0 fully saturated rings. The standard InChI is InChI=1S/C31H31N5O5/c1-18-6-8-20(9-7-18)34-30(37)25-17-32-36-28(24-16-23(40-4)14-15-26(24)41-5)27(19(2)33-29(25)36)31(38)35-21-10-12-22(39-3)13-11-21/h6-17,28,33H,1-5H3,(H,34,37)(H,35,38)/t28-/m1/s1. The summed E-state index contributed by atoms with van der Waals surface area (Å²) >= 11 is 0. The molecular weight excluding hydrogens is 522 g/mol. The Hall–Kier alpha value is -5.25. The maximum Gasteiger partial charge on any atom is 0.261 e. The molecule has 10 heteroatoms. The first kappa shape index (κ1) is 27.3. The summed E-state index contributed by atoms with van der Waals surface area (Å²) in [5.74, 6) is 1.56. The lowest BCUT2D eigenvalue weighted by Crippen LogP contribution is -2.32. The lowest BCUT2D eigenvalue weighted by molar-refractivity contribution is -0.113. The van der Waals surface area contributed by atoms with Crippen LogP contribution in [0.5, 0.6) is 17.2 Å². The number of aryl methyl sites for hydroxylation is 1. The minimum absolute atomic E-state index is 0.325. The Kier molecular flexibility index (Phi) is 7.64. The first-order chi connectivity index (χ1) is 19.8. The van der Waals surface area contributed by atoms with Crippen LogP contribution in [0.15, 0.2) is 84.2 Å². The fourth-order valence-electron chi connectivity index (χ4n) is 4.76. The third-order valence-corrected chi connectivity index (χ3v) is 6.90. The molecule has 0 radical (unpaired) electrons. The Morgan fingerprint density at radius 1 is 0.805 bits per heavy atom. The molecule has 1 aliphatic heterocycles. The number of benzene rings is 3. The summed E-state index contributed by atoms with van der Waals surface area (Å²) in [6.45, 7) is 3.77. The zero-order valence-corrected chi connectivity index (χ0v) is 23.4. The van der Waals surface area contributed by atoms with E-state index in [4.69, 9.17) is 14.2 Å². The highest BCUT2D eigenvalue weighted by Crippen LogP contribution is 2.42. The van der Waals surface area contributed by atoms with Crippen LogP contribution < -0.4 is 30.2 Å². The lowest BCUT2D eigenvalue weighted by atomic mass is 9.93. The first-order valence-electron chi connectivity index (χ1n) is 12.9. The number of amides is 2. The number of nitrogens with one attached hydrogen (secondary N) is 3. The van der Waals surface area contributed by atoms with Gasteiger partial charge >= 0.3 is 0 Å². The highest BCUT2D eigenvalue weighted by Gasteiger charge is 2.37. The van der Waals surface area contributed by atoms with Crippen LogP contribution in [-0.4, -0.2) is 42.9 Å². The molecule has 2 amide bonds. The van der Waals surface area contributed by atoms with Crippen molar-refractivity contribution in [3.05, 3.63) is 101 Å². The number of fused-ring (bicyclic) bond motifs is 1. The molecule has 1 aromatic heterocycles. The molecule has 4 aromatic rings. The number of hydrogen-bond donors (Lipinski definition) is 3. The predicted octanol–water partition coefficient (Wildman–Crippen LogP) is 5.40. The topological polar surface area (TPSA) is 116 Å². The van der Waals surface area contributed by atoms with Crippen LogP contribution in [0.2, 0.25) is 0 Å². The third-order valence-electron chi connectivity index (χ3n) is 6.90. The molecule has 0 saturated heterocycles. The summed E-state index contributed by atoms with van der Waals surface area (Å²) in [4.78, 5) is 27.2. The number of carbonyl (C=O) groups excluding carboxylic acids is 2. The van der Waals surface area contributed by atoms with Crippen molar-refractivity contribution in [1.29, 1.82) is 0 Å². The number of hydrogen-bond acceptors (Lipinski definition) is 7. The van der Waals surface area contributed by atoms with Crippen LogP contribution in [0, 0.1) is 6.92 Å². The summed E-state index contributed by atoms with van der Waals surface area (Å²) in [5.41, 5.74) is 4.26. The highest BCUT2D eigenvalue weighted by atomic mass is 16.5. The van der Waals surface area contributed by atoms with E-state index in [9.17, 15) is 9.59 Å². The Morgan fingerprint density at radius 2 is 1.41 bits per heavy atom. The molecule has 0 aliphatic carbocycles. The van der Waals surface area contributed by atoms with Crippen molar-refractivity contribution in [2.24, 2.45) is 0 Å². The monoisotopic (exact) mass is 553 g/mol. The van der Waals surface area contributed by atoms with Crippen LogP contribution in [0.3, 0.4) is 0 Å². The molecule has 1 atom stereocenters. The quantitative estimate of drug-likeness (QED) is 0.268. The van der Waals surface area contributed by atoms with Gasteiger partial charge in [-0.2, -0.15) is 5.10 Å². The minimum Gasteiger partial charge on any atom is -0.497 e. The molecule has 0 saturated carbocycles. The van der Waals surface area contributed by atoms with Crippen molar-refractivity contribution in [1.82, 2.24) is 9.78 Å². The number of methoxy groups -OCH3 is 3. The second-order valence-corrected chi connectivity index (χ2v) is 9.53. The van der Waals surface area contributed by atoms with Crippen molar-refractivity contribution in [2.45, 2.75) is 19.9 Å². The molecule has 10 nitrogen and oxygen atoms in total. The third kappa shape index (κ3) is 5.44. The zero-order valence-electron chi connectivity index (χ0n) is 23.4. The van der Waals surface area contributed by atoms with E-state index in [1.165, 1.54) is 6.20 Å². The van der Waals surface area contributed by atoms with E-state index < -0.39 is 6.04 Å². The van der Waals surface area contributed by atoms with Crippen molar-refractivity contribution < 1.29 is 23.8 Å². The molecular formula is C31H31N5O5. The number of rotatable bonds is 8. The average molecular weight is 554 g/mol. The molecule has 3 aromatic carbocycles. The van der Waals surface area contributed by atoms with Gasteiger partial charge in [-0.3, -0.25) is 9.59 Å². The molecule has 210 valence electrons. The molecule has 5 rings (SSSR count). The Labute approximate surface area is 237 Å². The largest absolute Gasteiger partial charge is 0.497 e. The van der Waals surface area contributed by atoms with E-state index in [0.29, 0.717) is 56.8 Å². The highest BCUT2D eigenvalue weighted by molar-refractivity contribution is 6.09. The SMILES string of the molecule is COc1ccc(NC(=O)C2=C(C)Nc3c(C(=O)Nc4ccc(C)cc4)cnn3[C@@H]2c2cc(OC)ccc2OC)cc1. The molecule has 0 bridgehead atoms. The minimum atomic E-state index is -0.740. The molecule has 0 spiro atoms. The van der Waals surface area contributed by atoms with Crippen molar-refractivity contribution >= 4 is 29.0 Å². The average Bonchev–Trinajstić information content (AvgIpc) is 3.41. The van der Waals surface area contributed by atoms with Gasteiger partial charge in [-0.25, -0.2) is 4.68 Å². The van der Waals surface area contributed by atoms with Gasteiger partial charge in [-0.05, 0) is 68.4 Å². The summed E-state index contributed by atoms with van der Waals surface area (Å²) in [6.07, 6.45) is 1.49. The number of ether oxygens (including phenoxy) is 3. The van der Waals surface area contributed by atoms with Gasteiger partial charge in [0.2, 0.25) is 0 Å². The van der Waals surface area contributed by atoms with Crippen LogP contribution in [0.25, 0.3) is 0 Å². The van der Waals surface area contributed by atoms with Gasteiger partial charge in [0.25, 0.3) is 11.8 Å². The van der Waals surface area contributed by atoms with Crippen LogP contribution in [0.1, 0.15) is 34.5 Å². The normalized spacial score (nSPS) is 14.0. The second kappa shape index (κ2) is 11.5. The predicted molar refractivity (Wildman–Crippen MR) is 157 cm³/mol. The number of carbonyl (C=O) groups is 2. The van der Waals surface area contributed by atoms with Gasteiger partial charge in [-0.1, -0.05) is 17.7 Å². The van der Waals surface area contributed by atoms with Gasteiger partial charge in [0.1, 0.15) is 34.7 Å². The number of nitrogens with zero attached hydrogens (tertiary/aromatic N) is 2. The van der Waals surface area contributed by atoms with Crippen LogP contribution >= 0.6 is 0 Å². The van der Waals surface area contributed by atoms with Crippen molar-refractivity contribution in [2.75, 3.05) is 37.3 Å². The van der Waals surface area contributed by atoms with E-state index in [0.717, 1.165) is 5.56 Å². The lowest BCUT2D eigenvalue weighted by Gasteiger charge is -2.31. The van der Waals surface area contributed by atoms with Gasteiger partial charge in [0.15, 0.2) is 0 Å². The van der Waals surface area contributed by atoms with Crippen LogP contribution in [-0.2, 0) is 4.79 Å². The zero-order chi connectivity index (χ0) is 29.1. The summed E-state index contributed by atoms with van der Waals surface area (Å²) in [5, 5.41) is 13.7. The van der Waals surface area contributed by atoms with Gasteiger partial charge in [0, 0.05) is 22.6 Å². The number of anilines is 3. The number of allylic oxidation sites excluding steroid dienone is 1. The maximum atomic E-state index is 13.9. The fraction of sp³-hybridized carbons (Fsp3) is 0.194. The van der Waals surface area contributed by atoms with E-state index >= 15 is 0 Å². The smallest absolute Gasteiger partial charge is 0.261 e. The van der Waals surface area contributed by atoms with Gasteiger partial charge in [0.05, 0.1) is 33.1 Å².